The van der Waals surface area contributed by atoms with Crippen molar-refractivity contribution in [3.63, 3.8) is 0 Å². The van der Waals surface area contributed by atoms with E-state index in [1.54, 1.807) is 0 Å². The van der Waals surface area contributed by atoms with Crippen LogP contribution < -0.4 is 0 Å². The first-order valence-electron chi connectivity index (χ1n) is 6.14. The Labute approximate surface area is 98.5 Å². The van der Waals surface area contributed by atoms with Gasteiger partial charge in [0.15, 0.2) is 0 Å². The Bertz CT molecular complexity index is 221. The van der Waals surface area contributed by atoms with E-state index < -0.39 is 0 Å². The molecule has 2 atom stereocenters. The molecule has 94 valence electrons. The number of carbonyl (C=O) groups is 1. The van der Waals surface area contributed by atoms with Gasteiger partial charge in [0.25, 0.3) is 0 Å². The summed E-state index contributed by atoms with van der Waals surface area (Å²) in [6.45, 7) is 9.69. The molecule has 0 aliphatic carbocycles. The van der Waals surface area contributed by atoms with E-state index in [1.165, 1.54) is 0 Å². The van der Waals surface area contributed by atoms with Crippen LogP contribution in [0.1, 0.15) is 27.2 Å². The van der Waals surface area contributed by atoms with Crippen molar-refractivity contribution in [1.82, 2.24) is 9.80 Å². The zero-order valence-corrected chi connectivity index (χ0v) is 10.9. The van der Waals surface area contributed by atoms with Gasteiger partial charge in [-0.05, 0) is 27.8 Å². The Kier molecular flexibility index (Phi) is 5.22. The van der Waals surface area contributed by atoms with E-state index in [0.717, 1.165) is 19.6 Å². The average molecular weight is 228 g/mol. The zero-order chi connectivity index (χ0) is 12.1. The van der Waals surface area contributed by atoms with Gasteiger partial charge in [0.05, 0.1) is 13.0 Å². The van der Waals surface area contributed by atoms with Crippen LogP contribution in [0.15, 0.2) is 0 Å². The molecule has 0 aromatic carbocycles. The molecule has 1 aliphatic heterocycles. The first-order chi connectivity index (χ1) is 7.54. The second kappa shape index (κ2) is 6.21. The van der Waals surface area contributed by atoms with Gasteiger partial charge in [-0.1, -0.05) is 0 Å². The fourth-order valence-corrected chi connectivity index (χ4v) is 2.18. The van der Waals surface area contributed by atoms with Gasteiger partial charge in [0.1, 0.15) is 0 Å². The lowest BCUT2D eigenvalue weighted by Crippen LogP contribution is -2.55. The van der Waals surface area contributed by atoms with Crippen LogP contribution in [-0.2, 0) is 9.53 Å². The highest BCUT2D eigenvalue weighted by Crippen LogP contribution is 2.13. The van der Waals surface area contributed by atoms with Crippen molar-refractivity contribution in [2.45, 2.75) is 39.3 Å². The van der Waals surface area contributed by atoms with E-state index in [1.807, 2.05) is 6.92 Å². The van der Waals surface area contributed by atoms with Gasteiger partial charge in [-0.15, -0.1) is 0 Å². The van der Waals surface area contributed by atoms with Crippen molar-refractivity contribution >= 4 is 5.97 Å². The number of likely N-dealkylation sites (N-methyl/N-ethyl adjacent to an activating group) is 1. The number of rotatable bonds is 4. The van der Waals surface area contributed by atoms with Crippen LogP contribution in [0.5, 0.6) is 0 Å². The zero-order valence-electron chi connectivity index (χ0n) is 10.9. The summed E-state index contributed by atoms with van der Waals surface area (Å²) in [4.78, 5) is 16.0. The van der Waals surface area contributed by atoms with Crippen LogP contribution >= 0.6 is 0 Å². The second-order valence-electron chi connectivity index (χ2n) is 4.68. The minimum Gasteiger partial charge on any atom is -0.466 e. The Hall–Kier alpha value is -0.610. The summed E-state index contributed by atoms with van der Waals surface area (Å²) >= 11 is 0. The van der Waals surface area contributed by atoms with Crippen molar-refractivity contribution < 1.29 is 9.53 Å². The molecule has 1 rings (SSSR count). The van der Waals surface area contributed by atoms with Gasteiger partial charge < -0.3 is 4.74 Å². The molecule has 0 saturated carbocycles. The van der Waals surface area contributed by atoms with Gasteiger partial charge in [-0.2, -0.15) is 0 Å². The number of hydrogen-bond donors (Lipinski definition) is 0. The van der Waals surface area contributed by atoms with Crippen molar-refractivity contribution in [2.24, 2.45) is 0 Å². The van der Waals surface area contributed by atoms with E-state index in [9.17, 15) is 4.79 Å². The van der Waals surface area contributed by atoms with Crippen LogP contribution in [0.4, 0.5) is 0 Å². The summed E-state index contributed by atoms with van der Waals surface area (Å²) in [6, 6.07) is 1.12. The summed E-state index contributed by atoms with van der Waals surface area (Å²) in [5.74, 6) is -0.0817. The van der Waals surface area contributed by atoms with Gasteiger partial charge in [-0.3, -0.25) is 14.6 Å². The van der Waals surface area contributed by atoms with Crippen LogP contribution in [-0.4, -0.2) is 61.1 Å². The number of hydrogen-bond acceptors (Lipinski definition) is 4. The standard InChI is InChI=1S/C12H24N2O2/c1-5-16-12(15)6-7-14-8-10(2)13(4)11(3)9-14/h10-11H,5-9H2,1-4H3. The normalized spacial score (nSPS) is 28.0. The highest BCUT2D eigenvalue weighted by Gasteiger charge is 2.26. The van der Waals surface area contributed by atoms with Crippen molar-refractivity contribution in [3.05, 3.63) is 0 Å². The average Bonchev–Trinajstić information content (AvgIpc) is 2.23. The van der Waals surface area contributed by atoms with Crippen LogP contribution in [0, 0.1) is 0 Å². The van der Waals surface area contributed by atoms with Crippen molar-refractivity contribution in [2.75, 3.05) is 33.3 Å². The summed E-state index contributed by atoms with van der Waals surface area (Å²) in [5.41, 5.74) is 0. The molecule has 2 unspecified atom stereocenters. The van der Waals surface area contributed by atoms with Crippen LogP contribution in [0.2, 0.25) is 0 Å². The van der Waals surface area contributed by atoms with Crippen molar-refractivity contribution in [1.29, 1.82) is 0 Å². The molecule has 1 heterocycles. The van der Waals surface area contributed by atoms with E-state index in [2.05, 4.69) is 30.7 Å². The van der Waals surface area contributed by atoms with Crippen LogP contribution in [0.3, 0.4) is 0 Å². The third-order valence-corrected chi connectivity index (χ3v) is 3.37. The second-order valence-corrected chi connectivity index (χ2v) is 4.68. The first kappa shape index (κ1) is 13.5. The lowest BCUT2D eigenvalue weighted by atomic mass is 10.1. The fourth-order valence-electron chi connectivity index (χ4n) is 2.18. The summed E-state index contributed by atoms with van der Waals surface area (Å²) in [6.07, 6.45) is 0.511. The lowest BCUT2D eigenvalue weighted by Gasteiger charge is -2.42. The first-order valence-corrected chi connectivity index (χ1v) is 6.14. The maximum absolute atomic E-state index is 11.3. The Morgan fingerprint density at radius 3 is 2.38 bits per heavy atom. The molecule has 4 heteroatoms. The summed E-state index contributed by atoms with van der Waals surface area (Å²) in [5, 5.41) is 0. The molecular weight excluding hydrogens is 204 g/mol. The molecule has 0 N–H and O–H groups in total. The number of nitrogens with zero attached hydrogens (tertiary/aromatic N) is 2. The predicted octanol–water partition coefficient (Wildman–Crippen LogP) is 0.964. The summed E-state index contributed by atoms with van der Waals surface area (Å²) < 4.78 is 4.93. The number of esters is 1. The SMILES string of the molecule is CCOC(=O)CCN1CC(C)N(C)C(C)C1. The molecular formula is C12H24N2O2. The monoisotopic (exact) mass is 228 g/mol. The lowest BCUT2D eigenvalue weighted by molar-refractivity contribution is -0.143. The Morgan fingerprint density at radius 2 is 1.88 bits per heavy atom. The van der Waals surface area contributed by atoms with Crippen molar-refractivity contribution in [3.8, 4) is 0 Å². The van der Waals surface area contributed by atoms with E-state index in [-0.39, 0.29) is 5.97 Å². The van der Waals surface area contributed by atoms with Gasteiger partial charge in [-0.25, -0.2) is 0 Å². The predicted molar refractivity (Wildman–Crippen MR) is 64.4 cm³/mol. The minimum absolute atomic E-state index is 0.0817. The van der Waals surface area contributed by atoms with Crippen LogP contribution in [0.25, 0.3) is 0 Å². The molecule has 4 nitrogen and oxygen atoms in total. The largest absolute Gasteiger partial charge is 0.466 e. The maximum Gasteiger partial charge on any atom is 0.307 e. The third-order valence-electron chi connectivity index (χ3n) is 3.37. The smallest absolute Gasteiger partial charge is 0.307 e. The topological polar surface area (TPSA) is 32.8 Å². The fraction of sp³-hybridized carbons (Fsp3) is 0.917. The molecule has 1 saturated heterocycles. The molecule has 0 spiro atoms. The highest BCUT2D eigenvalue weighted by atomic mass is 16.5. The molecule has 0 aromatic heterocycles. The maximum atomic E-state index is 11.3. The Morgan fingerprint density at radius 1 is 1.31 bits per heavy atom. The molecule has 0 radical (unpaired) electrons. The van der Waals surface area contributed by atoms with Gasteiger partial charge in [0, 0.05) is 31.7 Å². The van der Waals surface area contributed by atoms with E-state index >= 15 is 0 Å². The number of ether oxygens (including phenoxy) is 1. The highest BCUT2D eigenvalue weighted by molar-refractivity contribution is 5.69. The minimum atomic E-state index is -0.0817. The molecule has 0 aromatic rings. The molecule has 0 bridgehead atoms. The van der Waals surface area contributed by atoms with Gasteiger partial charge in [0.2, 0.25) is 0 Å². The third kappa shape index (κ3) is 3.76. The molecule has 0 amide bonds. The quantitative estimate of drug-likeness (QED) is 0.671. The van der Waals surface area contributed by atoms with E-state index in [0.29, 0.717) is 25.1 Å². The number of piperazine rings is 1. The van der Waals surface area contributed by atoms with E-state index in [4.69, 9.17) is 4.74 Å². The molecule has 1 fully saturated rings. The number of carbonyl (C=O) groups excluding carboxylic acids is 1. The van der Waals surface area contributed by atoms with Gasteiger partial charge >= 0.3 is 5.97 Å². The molecule has 16 heavy (non-hydrogen) atoms. The Balaban J connectivity index is 2.30. The summed E-state index contributed by atoms with van der Waals surface area (Å²) in [7, 11) is 2.16. The molecule has 1 aliphatic rings.